The van der Waals surface area contributed by atoms with Crippen LogP contribution < -0.4 is 10.0 Å². The number of hydrogen-bond donors (Lipinski definition) is 2. The maximum absolute atomic E-state index is 12.3. The van der Waals surface area contributed by atoms with E-state index in [4.69, 9.17) is 0 Å². The lowest BCUT2D eigenvalue weighted by Crippen LogP contribution is -2.30. The van der Waals surface area contributed by atoms with Crippen LogP contribution in [-0.2, 0) is 15.8 Å². The summed E-state index contributed by atoms with van der Waals surface area (Å²) in [5, 5.41) is 7.59. The summed E-state index contributed by atoms with van der Waals surface area (Å²) in [7, 11) is -3.40. The molecule has 0 saturated heterocycles. The summed E-state index contributed by atoms with van der Waals surface area (Å²) in [6, 6.07) is 11.3. The van der Waals surface area contributed by atoms with Gasteiger partial charge in [-0.1, -0.05) is 29.8 Å². The summed E-state index contributed by atoms with van der Waals surface area (Å²) in [6.45, 7) is 8.33. The Bertz CT molecular complexity index is 1090. The summed E-state index contributed by atoms with van der Waals surface area (Å²) in [6.07, 6.45) is 0. The van der Waals surface area contributed by atoms with Crippen molar-refractivity contribution in [2.45, 2.75) is 33.4 Å². The molecule has 29 heavy (non-hydrogen) atoms. The van der Waals surface area contributed by atoms with Crippen LogP contribution in [0.5, 0.6) is 0 Å². The van der Waals surface area contributed by atoms with Gasteiger partial charge in [-0.3, -0.25) is 0 Å². The molecule has 2 N–H and O–H groups in total. The van der Waals surface area contributed by atoms with Crippen LogP contribution in [0.2, 0.25) is 0 Å². The number of aromatic nitrogens is 4. The second kappa shape index (κ2) is 8.71. The van der Waals surface area contributed by atoms with E-state index in [1.165, 1.54) is 0 Å². The summed E-state index contributed by atoms with van der Waals surface area (Å²) < 4.78 is 28.9. The largest absolute Gasteiger partial charge is 0.369 e. The molecule has 154 valence electrons. The first-order valence-electron chi connectivity index (χ1n) is 9.38. The first-order valence-corrected chi connectivity index (χ1v) is 11.0. The molecule has 3 rings (SSSR count). The third-order valence-corrected chi connectivity index (χ3v) is 5.64. The van der Waals surface area contributed by atoms with E-state index >= 15 is 0 Å². The molecule has 0 atom stereocenters. The lowest BCUT2D eigenvalue weighted by atomic mass is 10.2. The Balaban J connectivity index is 1.57. The zero-order chi connectivity index (χ0) is 21.0. The lowest BCUT2D eigenvalue weighted by molar-refractivity contribution is 0.582. The van der Waals surface area contributed by atoms with Gasteiger partial charge in [0, 0.05) is 24.8 Å². The lowest BCUT2D eigenvalue weighted by Gasteiger charge is -2.11. The van der Waals surface area contributed by atoms with Gasteiger partial charge in [0.2, 0.25) is 10.0 Å². The van der Waals surface area contributed by atoms with Crippen LogP contribution in [-0.4, -0.2) is 41.3 Å². The molecule has 0 fully saturated rings. The fraction of sp³-hybridized carbons (Fsp3) is 0.350. The summed E-state index contributed by atoms with van der Waals surface area (Å²) >= 11 is 0. The van der Waals surface area contributed by atoms with E-state index in [-0.39, 0.29) is 12.3 Å². The molecule has 0 unspecified atom stereocenters. The van der Waals surface area contributed by atoms with Crippen LogP contribution in [0.4, 0.5) is 5.82 Å². The molecular formula is C20H26N6O2S. The van der Waals surface area contributed by atoms with E-state index in [9.17, 15) is 8.42 Å². The molecule has 0 aliphatic carbocycles. The van der Waals surface area contributed by atoms with Gasteiger partial charge in [-0.05, 0) is 39.3 Å². The van der Waals surface area contributed by atoms with E-state index in [1.807, 2.05) is 58.0 Å². The van der Waals surface area contributed by atoms with Gasteiger partial charge in [-0.25, -0.2) is 27.8 Å². The molecule has 0 aliphatic heterocycles. The Morgan fingerprint density at radius 2 is 1.69 bits per heavy atom. The fourth-order valence-electron chi connectivity index (χ4n) is 2.96. The first-order chi connectivity index (χ1) is 13.7. The monoisotopic (exact) mass is 414 g/mol. The van der Waals surface area contributed by atoms with Crippen molar-refractivity contribution in [1.82, 2.24) is 24.5 Å². The number of rotatable bonds is 8. The zero-order valence-electron chi connectivity index (χ0n) is 17.1. The Hall–Kier alpha value is -2.78. The minimum absolute atomic E-state index is 0.0397. The third-order valence-electron chi connectivity index (χ3n) is 4.28. The highest BCUT2D eigenvalue weighted by molar-refractivity contribution is 7.88. The summed E-state index contributed by atoms with van der Waals surface area (Å²) in [5.74, 6) is 1.86. The van der Waals surface area contributed by atoms with E-state index in [0.717, 1.165) is 22.5 Å². The fourth-order valence-corrected chi connectivity index (χ4v) is 4.11. The average molecular weight is 415 g/mol. The Kier molecular flexibility index (Phi) is 6.29. The molecule has 0 amide bonds. The number of hydrogen-bond acceptors (Lipinski definition) is 6. The average Bonchev–Trinajstić information content (AvgIpc) is 2.98. The Morgan fingerprint density at radius 1 is 0.966 bits per heavy atom. The van der Waals surface area contributed by atoms with Crippen molar-refractivity contribution >= 4 is 15.8 Å². The van der Waals surface area contributed by atoms with Gasteiger partial charge in [0.1, 0.15) is 11.6 Å². The quantitative estimate of drug-likeness (QED) is 0.549. The molecule has 0 aliphatic rings. The molecule has 1 aromatic carbocycles. The Morgan fingerprint density at radius 3 is 2.34 bits per heavy atom. The topological polar surface area (TPSA) is 102 Å². The van der Waals surface area contributed by atoms with E-state index in [2.05, 4.69) is 25.1 Å². The van der Waals surface area contributed by atoms with Gasteiger partial charge in [-0.15, -0.1) is 0 Å². The van der Waals surface area contributed by atoms with Crippen molar-refractivity contribution < 1.29 is 8.42 Å². The van der Waals surface area contributed by atoms with E-state index in [0.29, 0.717) is 24.0 Å². The number of nitrogens with one attached hydrogen (secondary N) is 2. The van der Waals surface area contributed by atoms with Crippen molar-refractivity contribution in [3.8, 4) is 5.82 Å². The molecule has 0 radical (unpaired) electrons. The van der Waals surface area contributed by atoms with Crippen LogP contribution in [0, 0.1) is 27.7 Å². The summed E-state index contributed by atoms with van der Waals surface area (Å²) in [4.78, 5) is 8.80. The standard InChI is InChI=1S/C20H26N6O2S/c1-14-5-7-18(8-6-14)13-29(27,28)22-10-9-21-19-12-20(24-17(4)23-19)26-16(3)11-15(2)25-26/h5-8,11-12,22H,9-10,13H2,1-4H3,(H,21,23,24). The normalized spacial score (nSPS) is 11.6. The van der Waals surface area contributed by atoms with Crippen molar-refractivity contribution in [2.24, 2.45) is 0 Å². The van der Waals surface area contributed by atoms with Crippen LogP contribution in [0.3, 0.4) is 0 Å². The van der Waals surface area contributed by atoms with Crippen LogP contribution in [0.15, 0.2) is 36.4 Å². The van der Waals surface area contributed by atoms with E-state index in [1.54, 1.807) is 10.7 Å². The highest BCUT2D eigenvalue weighted by Crippen LogP contribution is 2.14. The second-order valence-electron chi connectivity index (χ2n) is 7.06. The Labute approximate surface area is 171 Å². The minimum atomic E-state index is -3.40. The van der Waals surface area contributed by atoms with Crippen LogP contribution in [0.25, 0.3) is 5.82 Å². The molecule has 0 bridgehead atoms. The van der Waals surface area contributed by atoms with Gasteiger partial charge >= 0.3 is 0 Å². The van der Waals surface area contributed by atoms with Crippen molar-refractivity contribution in [3.05, 3.63) is 64.7 Å². The number of sulfonamides is 1. The molecule has 2 aromatic heterocycles. The predicted molar refractivity (Wildman–Crippen MR) is 114 cm³/mol. The van der Waals surface area contributed by atoms with Crippen LogP contribution >= 0.6 is 0 Å². The molecule has 0 spiro atoms. The third kappa shape index (κ3) is 5.85. The molecule has 8 nitrogen and oxygen atoms in total. The van der Waals surface area contributed by atoms with E-state index < -0.39 is 10.0 Å². The number of benzene rings is 1. The minimum Gasteiger partial charge on any atom is -0.369 e. The van der Waals surface area contributed by atoms with Gasteiger partial charge < -0.3 is 5.32 Å². The van der Waals surface area contributed by atoms with Gasteiger partial charge in [0.15, 0.2) is 5.82 Å². The molecular weight excluding hydrogens is 388 g/mol. The number of nitrogens with zero attached hydrogens (tertiary/aromatic N) is 4. The van der Waals surface area contributed by atoms with Gasteiger partial charge in [0.25, 0.3) is 0 Å². The van der Waals surface area contributed by atoms with Crippen molar-refractivity contribution in [1.29, 1.82) is 0 Å². The SMILES string of the molecule is Cc1ccc(CS(=O)(=O)NCCNc2cc(-n3nc(C)cc3C)nc(C)n2)cc1. The van der Waals surface area contributed by atoms with Crippen LogP contribution in [0.1, 0.15) is 28.3 Å². The first kappa shape index (κ1) is 20.9. The van der Waals surface area contributed by atoms with Gasteiger partial charge in [-0.2, -0.15) is 5.10 Å². The predicted octanol–water partition coefficient (Wildman–Crippen LogP) is 2.43. The maximum atomic E-state index is 12.3. The highest BCUT2D eigenvalue weighted by Gasteiger charge is 2.11. The maximum Gasteiger partial charge on any atom is 0.215 e. The smallest absolute Gasteiger partial charge is 0.215 e. The zero-order valence-corrected chi connectivity index (χ0v) is 17.9. The number of aryl methyl sites for hydroxylation is 4. The van der Waals surface area contributed by atoms with Crippen molar-refractivity contribution in [3.63, 3.8) is 0 Å². The molecule has 0 saturated carbocycles. The molecule has 9 heteroatoms. The van der Waals surface area contributed by atoms with Gasteiger partial charge in [0.05, 0.1) is 11.4 Å². The number of anilines is 1. The highest BCUT2D eigenvalue weighted by atomic mass is 32.2. The second-order valence-corrected chi connectivity index (χ2v) is 8.87. The molecule has 2 heterocycles. The summed E-state index contributed by atoms with van der Waals surface area (Å²) in [5.41, 5.74) is 3.76. The molecule has 3 aromatic rings. The van der Waals surface area contributed by atoms with Crippen molar-refractivity contribution in [2.75, 3.05) is 18.4 Å².